The molecule has 3 heteroatoms. The van der Waals surface area contributed by atoms with Crippen molar-refractivity contribution in [1.82, 2.24) is 0 Å². The molecule has 1 rings (SSSR count). The number of hydrogen-bond acceptors (Lipinski definition) is 3. The van der Waals surface area contributed by atoms with Crippen LogP contribution in [0.25, 0.3) is 0 Å². The van der Waals surface area contributed by atoms with Crippen molar-refractivity contribution in [1.29, 1.82) is 0 Å². The maximum Gasteiger partial charge on any atom is 0.312 e. The van der Waals surface area contributed by atoms with Crippen LogP contribution in [0.3, 0.4) is 0 Å². The van der Waals surface area contributed by atoms with Crippen LogP contribution < -0.4 is 0 Å². The Morgan fingerprint density at radius 3 is 1.71 bits per heavy atom. The number of carbonyl (C=O) groups is 1. The molecular formula is C25H44O3. The topological polar surface area (TPSA) is 46.5 Å². The van der Waals surface area contributed by atoms with Crippen LogP contribution in [-0.4, -0.2) is 23.3 Å². The Kier molecular flexibility index (Phi) is 15.1. The molecule has 0 bridgehead atoms. The number of aliphatic hydroxyl groups excluding tert-OH is 1. The first kappa shape index (κ1) is 25.0. The number of carbonyl (C=O) groups excluding carboxylic acids is 1. The number of hydrogen-bond donors (Lipinski definition) is 1. The molecule has 0 amide bonds. The van der Waals surface area contributed by atoms with Gasteiger partial charge in [-0.05, 0) is 26.2 Å². The molecule has 0 spiro atoms. The molecule has 0 aromatic heterocycles. The van der Waals surface area contributed by atoms with Gasteiger partial charge in [-0.1, -0.05) is 84.0 Å². The molecule has 3 atom stereocenters. The molecule has 1 aliphatic heterocycles. The van der Waals surface area contributed by atoms with E-state index in [2.05, 4.69) is 18.8 Å². The van der Waals surface area contributed by atoms with Crippen LogP contribution in [0.4, 0.5) is 0 Å². The summed E-state index contributed by atoms with van der Waals surface area (Å²) >= 11 is 0. The first-order valence-corrected chi connectivity index (χ1v) is 12.0. The van der Waals surface area contributed by atoms with Gasteiger partial charge in [-0.3, -0.25) is 4.79 Å². The molecular weight excluding hydrogens is 348 g/mol. The van der Waals surface area contributed by atoms with E-state index in [1.54, 1.807) is 6.92 Å². The first-order chi connectivity index (χ1) is 13.7. The third-order valence-corrected chi connectivity index (χ3v) is 5.85. The normalized spacial score (nSPS) is 21.4. The van der Waals surface area contributed by atoms with Gasteiger partial charge in [-0.2, -0.15) is 0 Å². The van der Waals surface area contributed by atoms with Gasteiger partial charge in [0.05, 0.1) is 5.92 Å². The zero-order chi connectivity index (χ0) is 20.5. The van der Waals surface area contributed by atoms with E-state index in [0.717, 1.165) is 32.1 Å². The standard InChI is InChI=1S/C25H44O3/c1-3-4-5-6-7-8-9-10-11-12-13-14-15-16-17-18-19-20-21-23-24(26)22(2)28-25(23)27/h22-24,26H,3-9,12-21H2,1-2H3. The Balaban J connectivity index is 1.80. The number of unbranched alkanes of at least 4 members (excludes halogenated alkanes) is 14. The van der Waals surface area contributed by atoms with Gasteiger partial charge in [-0.25, -0.2) is 0 Å². The lowest BCUT2D eigenvalue weighted by Crippen LogP contribution is -2.24. The summed E-state index contributed by atoms with van der Waals surface area (Å²) in [4.78, 5) is 11.6. The molecule has 1 fully saturated rings. The number of rotatable bonds is 16. The van der Waals surface area contributed by atoms with E-state index in [0.29, 0.717) is 0 Å². The Hall–Kier alpha value is -1.01. The summed E-state index contributed by atoms with van der Waals surface area (Å²) in [6, 6.07) is 0. The third-order valence-electron chi connectivity index (χ3n) is 5.85. The summed E-state index contributed by atoms with van der Waals surface area (Å²) in [5, 5.41) is 9.92. The van der Waals surface area contributed by atoms with E-state index in [9.17, 15) is 9.90 Å². The Bertz CT molecular complexity index is 448. The Morgan fingerprint density at radius 1 is 0.786 bits per heavy atom. The van der Waals surface area contributed by atoms with E-state index < -0.39 is 6.10 Å². The highest BCUT2D eigenvalue weighted by molar-refractivity contribution is 5.75. The average molecular weight is 393 g/mol. The van der Waals surface area contributed by atoms with Gasteiger partial charge in [0, 0.05) is 12.8 Å². The van der Waals surface area contributed by atoms with Crippen LogP contribution in [0.2, 0.25) is 0 Å². The Morgan fingerprint density at radius 2 is 1.25 bits per heavy atom. The van der Waals surface area contributed by atoms with Crippen molar-refractivity contribution < 1.29 is 14.6 Å². The molecule has 1 heterocycles. The highest BCUT2D eigenvalue weighted by Gasteiger charge is 2.40. The van der Waals surface area contributed by atoms with Crippen molar-refractivity contribution in [2.75, 3.05) is 0 Å². The Labute approximate surface area is 174 Å². The fourth-order valence-electron chi connectivity index (χ4n) is 3.90. The summed E-state index contributed by atoms with van der Waals surface area (Å²) in [5.74, 6) is 6.16. The first-order valence-electron chi connectivity index (χ1n) is 12.0. The molecule has 1 aliphatic rings. The summed E-state index contributed by atoms with van der Waals surface area (Å²) in [7, 11) is 0. The molecule has 1 N–H and O–H groups in total. The van der Waals surface area contributed by atoms with Gasteiger partial charge < -0.3 is 9.84 Å². The zero-order valence-electron chi connectivity index (χ0n) is 18.5. The summed E-state index contributed by atoms with van der Waals surface area (Å²) in [6.45, 7) is 4.03. The highest BCUT2D eigenvalue weighted by Crippen LogP contribution is 2.26. The summed E-state index contributed by atoms with van der Waals surface area (Å²) in [5.41, 5.74) is 0. The minimum Gasteiger partial charge on any atom is -0.460 e. The number of ether oxygens (including phenoxy) is 1. The minimum absolute atomic E-state index is 0.213. The van der Waals surface area contributed by atoms with Crippen LogP contribution in [0.1, 0.15) is 123 Å². The van der Waals surface area contributed by atoms with Crippen LogP contribution in [-0.2, 0) is 9.53 Å². The average Bonchev–Trinajstić information content (AvgIpc) is 2.92. The number of aliphatic hydroxyl groups is 1. The van der Waals surface area contributed by atoms with E-state index in [4.69, 9.17) is 4.74 Å². The lowest BCUT2D eigenvalue weighted by atomic mass is 9.95. The van der Waals surface area contributed by atoms with Crippen molar-refractivity contribution in [3.8, 4) is 11.8 Å². The number of cyclic esters (lactones) is 1. The predicted octanol–water partition coefficient (Wildman–Crippen LogP) is 6.56. The number of esters is 1. The molecule has 0 aliphatic carbocycles. The fraction of sp³-hybridized carbons (Fsp3) is 0.880. The highest BCUT2D eigenvalue weighted by atomic mass is 16.6. The molecule has 1 saturated heterocycles. The molecule has 28 heavy (non-hydrogen) atoms. The van der Waals surface area contributed by atoms with Crippen LogP contribution in [0.5, 0.6) is 0 Å². The maximum atomic E-state index is 11.6. The largest absolute Gasteiger partial charge is 0.460 e. The van der Waals surface area contributed by atoms with Gasteiger partial charge in [0.1, 0.15) is 12.2 Å². The van der Waals surface area contributed by atoms with Gasteiger partial charge >= 0.3 is 5.97 Å². The van der Waals surface area contributed by atoms with Gasteiger partial charge in [0.25, 0.3) is 0 Å². The van der Waals surface area contributed by atoms with Gasteiger partial charge in [0.15, 0.2) is 0 Å². The van der Waals surface area contributed by atoms with Crippen LogP contribution >= 0.6 is 0 Å². The second-order valence-electron chi connectivity index (χ2n) is 8.48. The predicted molar refractivity (Wildman–Crippen MR) is 117 cm³/mol. The smallest absolute Gasteiger partial charge is 0.312 e. The summed E-state index contributed by atoms with van der Waals surface area (Å²) in [6.07, 6.45) is 19.9. The van der Waals surface area contributed by atoms with Crippen LogP contribution in [0.15, 0.2) is 0 Å². The summed E-state index contributed by atoms with van der Waals surface area (Å²) < 4.78 is 5.08. The van der Waals surface area contributed by atoms with Gasteiger partial charge in [0.2, 0.25) is 0 Å². The van der Waals surface area contributed by atoms with E-state index in [1.165, 1.54) is 77.0 Å². The maximum absolute atomic E-state index is 11.6. The van der Waals surface area contributed by atoms with Gasteiger partial charge in [-0.15, -0.1) is 11.8 Å². The van der Waals surface area contributed by atoms with Crippen molar-refractivity contribution in [3.63, 3.8) is 0 Å². The zero-order valence-corrected chi connectivity index (χ0v) is 18.5. The molecule has 162 valence electrons. The van der Waals surface area contributed by atoms with E-state index in [-0.39, 0.29) is 18.0 Å². The minimum atomic E-state index is -0.610. The molecule has 0 saturated carbocycles. The van der Waals surface area contributed by atoms with E-state index in [1.807, 2.05) is 0 Å². The lowest BCUT2D eigenvalue weighted by Gasteiger charge is -2.11. The van der Waals surface area contributed by atoms with Crippen molar-refractivity contribution in [2.24, 2.45) is 5.92 Å². The third kappa shape index (κ3) is 11.7. The molecule has 0 radical (unpaired) electrons. The molecule has 0 aromatic rings. The lowest BCUT2D eigenvalue weighted by molar-refractivity contribution is -0.143. The monoisotopic (exact) mass is 392 g/mol. The fourth-order valence-corrected chi connectivity index (χ4v) is 3.90. The SMILES string of the molecule is CCCCCCCCC#CCCCCCCCCCCC1C(=O)OC(C)C1O. The molecule has 3 unspecified atom stereocenters. The quantitative estimate of drug-likeness (QED) is 0.184. The second kappa shape index (κ2) is 16.9. The molecule has 3 nitrogen and oxygen atoms in total. The molecule has 0 aromatic carbocycles. The van der Waals surface area contributed by atoms with Crippen molar-refractivity contribution in [2.45, 2.75) is 135 Å². The van der Waals surface area contributed by atoms with Crippen LogP contribution in [0, 0.1) is 17.8 Å². The second-order valence-corrected chi connectivity index (χ2v) is 8.48. The van der Waals surface area contributed by atoms with E-state index >= 15 is 0 Å². The van der Waals surface area contributed by atoms with Crippen molar-refractivity contribution in [3.05, 3.63) is 0 Å². The van der Waals surface area contributed by atoms with Crippen molar-refractivity contribution >= 4 is 5.97 Å².